The van der Waals surface area contributed by atoms with Crippen molar-refractivity contribution < 1.29 is 4.79 Å². The number of hydrogen-bond donors (Lipinski definition) is 1. The molecule has 2 N–H and O–H groups in total. The smallest absolute Gasteiger partial charge is 0.251 e. The average molecular weight is 277 g/mol. The van der Waals surface area contributed by atoms with Crippen molar-refractivity contribution in [3.8, 4) is 0 Å². The van der Waals surface area contributed by atoms with Crippen molar-refractivity contribution in [2.24, 2.45) is 5.73 Å². The number of nitrogens with zero attached hydrogens (tertiary/aromatic N) is 2. The normalized spacial score (nSPS) is 17.9. The minimum atomic E-state index is -0.122. The Labute approximate surface area is 119 Å². The van der Waals surface area contributed by atoms with Gasteiger partial charge in [0.25, 0.3) is 5.56 Å². The van der Waals surface area contributed by atoms with E-state index in [1.807, 2.05) is 19.9 Å². The molecule has 1 unspecified atom stereocenters. The van der Waals surface area contributed by atoms with E-state index < -0.39 is 0 Å². The molecule has 1 aromatic rings. The number of carbonyl (C=O) groups excluding carboxylic acids is 1. The lowest BCUT2D eigenvalue weighted by molar-refractivity contribution is -0.132. The predicted molar refractivity (Wildman–Crippen MR) is 78.5 cm³/mol. The molecule has 1 aliphatic rings. The van der Waals surface area contributed by atoms with E-state index in [9.17, 15) is 9.59 Å². The highest BCUT2D eigenvalue weighted by atomic mass is 16.2. The predicted octanol–water partition coefficient (Wildman–Crippen LogP) is 1.05. The van der Waals surface area contributed by atoms with Crippen LogP contribution in [0.5, 0.6) is 0 Å². The molecule has 2 rings (SSSR count). The van der Waals surface area contributed by atoms with Gasteiger partial charge in [-0.15, -0.1) is 0 Å². The first-order valence-electron chi connectivity index (χ1n) is 7.15. The average Bonchev–Trinajstić information content (AvgIpc) is 2.41. The van der Waals surface area contributed by atoms with Crippen molar-refractivity contribution in [1.29, 1.82) is 0 Å². The molecule has 0 radical (unpaired) electrons. The molecule has 1 heterocycles. The van der Waals surface area contributed by atoms with Gasteiger partial charge in [-0.3, -0.25) is 9.59 Å². The van der Waals surface area contributed by atoms with Crippen LogP contribution in [0.1, 0.15) is 44.0 Å². The van der Waals surface area contributed by atoms with E-state index in [0.29, 0.717) is 0 Å². The molecule has 0 aliphatic heterocycles. The minimum absolute atomic E-state index is 0.0245. The topological polar surface area (TPSA) is 68.3 Å². The first-order chi connectivity index (χ1) is 9.41. The molecular formula is C15H23N3O2. The largest absolute Gasteiger partial charge is 0.342 e. The van der Waals surface area contributed by atoms with Gasteiger partial charge in [0, 0.05) is 30.9 Å². The second-order valence-electron chi connectivity index (χ2n) is 5.76. The summed E-state index contributed by atoms with van der Waals surface area (Å²) in [7, 11) is 1.76. The molecule has 1 amide bonds. The van der Waals surface area contributed by atoms with Gasteiger partial charge in [0.2, 0.25) is 5.91 Å². The number of hydrogen-bond acceptors (Lipinski definition) is 3. The molecule has 0 saturated heterocycles. The van der Waals surface area contributed by atoms with Crippen molar-refractivity contribution in [1.82, 2.24) is 9.47 Å². The number of nitrogens with two attached hydrogens (primary N) is 1. The zero-order valence-electron chi connectivity index (χ0n) is 12.4. The molecule has 5 heteroatoms. The molecule has 0 bridgehead atoms. The maximum Gasteiger partial charge on any atom is 0.251 e. The quantitative estimate of drug-likeness (QED) is 0.898. The van der Waals surface area contributed by atoms with Crippen LogP contribution in [0, 0.1) is 0 Å². The molecule has 1 aliphatic carbocycles. The van der Waals surface area contributed by atoms with Crippen LogP contribution in [-0.2, 0) is 17.8 Å². The number of carbonyl (C=O) groups is 1. The van der Waals surface area contributed by atoms with Crippen molar-refractivity contribution >= 4 is 5.91 Å². The monoisotopic (exact) mass is 277 g/mol. The number of aromatic nitrogens is 1. The Hall–Kier alpha value is -1.62. The summed E-state index contributed by atoms with van der Waals surface area (Å²) in [6.07, 6.45) is 2.72. The summed E-state index contributed by atoms with van der Waals surface area (Å²) in [5, 5.41) is 0. The van der Waals surface area contributed by atoms with Gasteiger partial charge in [0.1, 0.15) is 6.54 Å². The minimum Gasteiger partial charge on any atom is -0.342 e. The van der Waals surface area contributed by atoms with Crippen LogP contribution >= 0.6 is 0 Å². The van der Waals surface area contributed by atoms with Crippen molar-refractivity contribution in [3.63, 3.8) is 0 Å². The summed E-state index contributed by atoms with van der Waals surface area (Å²) in [5.74, 6) is -0.0466. The molecule has 0 spiro atoms. The molecule has 0 aromatic carbocycles. The number of pyridine rings is 1. The molecular weight excluding hydrogens is 254 g/mol. The van der Waals surface area contributed by atoms with Gasteiger partial charge in [-0.05, 0) is 38.7 Å². The fourth-order valence-corrected chi connectivity index (χ4v) is 2.61. The standard InChI is InChI=1S/C15H23N3O2/c1-10(2)17(3)15(20)9-18-13-6-4-5-12(16)11(13)7-8-14(18)19/h7-8,10,12H,4-6,9,16H2,1-3H3. The molecule has 0 fully saturated rings. The fraction of sp³-hybridized carbons (Fsp3) is 0.600. The second-order valence-corrected chi connectivity index (χ2v) is 5.76. The third kappa shape index (κ3) is 2.77. The van der Waals surface area contributed by atoms with Crippen LogP contribution in [0.2, 0.25) is 0 Å². The number of likely N-dealkylation sites (N-methyl/N-ethyl adjacent to an activating group) is 1. The second kappa shape index (κ2) is 5.79. The van der Waals surface area contributed by atoms with Gasteiger partial charge < -0.3 is 15.2 Å². The van der Waals surface area contributed by atoms with Crippen LogP contribution in [0.3, 0.4) is 0 Å². The zero-order valence-corrected chi connectivity index (χ0v) is 12.4. The van der Waals surface area contributed by atoms with E-state index in [1.165, 1.54) is 6.07 Å². The van der Waals surface area contributed by atoms with Crippen molar-refractivity contribution in [2.45, 2.75) is 51.7 Å². The molecule has 110 valence electrons. The molecule has 1 atom stereocenters. The molecule has 0 saturated carbocycles. The highest BCUT2D eigenvalue weighted by Crippen LogP contribution is 2.26. The lowest BCUT2D eigenvalue weighted by atomic mass is 9.91. The maximum absolute atomic E-state index is 12.2. The summed E-state index contributed by atoms with van der Waals surface area (Å²) in [4.78, 5) is 25.9. The van der Waals surface area contributed by atoms with Gasteiger partial charge >= 0.3 is 0 Å². The van der Waals surface area contributed by atoms with Crippen LogP contribution in [-0.4, -0.2) is 28.5 Å². The van der Waals surface area contributed by atoms with E-state index in [0.717, 1.165) is 30.5 Å². The SMILES string of the molecule is CC(C)N(C)C(=O)Cn1c2c(ccc1=O)C(N)CCC2. The lowest BCUT2D eigenvalue weighted by Gasteiger charge is -2.27. The Morgan fingerprint density at radius 2 is 2.20 bits per heavy atom. The Balaban J connectivity index is 2.35. The Morgan fingerprint density at radius 3 is 2.85 bits per heavy atom. The van der Waals surface area contributed by atoms with Crippen LogP contribution in [0.15, 0.2) is 16.9 Å². The lowest BCUT2D eigenvalue weighted by Crippen LogP contribution is -2.39. The van der Waals surface area contributed by atoms with Crippen molar-refractivity contribution in [2.75, 3.05) is 7.05 Å². The van der Waals surface area contributed by atoms with Gasteiger partial charge in [0.15, 0.2) is 0 Å². The summed E-state index contributed by atoms with van der Waals surface area (Å²) in [6.45, 7) is 4.01. The Morgan fingerprint density at radius 1 is 1.50 bits per heavy atom. The number of amides is 1. The first-order valence-corrected chi connectivity index (χ1v) is 7.15. The molecule has 5 nitrogen and oxygen atoms in total. The summed E-state index contributed by atoms with van der Waals surface area (Å²) in [6, 6.07) is 3.44. The number of fused-ring (bicyclic) bond motifs is 1. The number of rotatable bonds is 3. The Bertz CT molecular complexity index is 563. The molecule has 20 heavy (non-hydrogen) atoms. The van der Waals surface area contributed by atoms with Gasteiger partial charge in [-0.1, -0.05) is 6.07 Å². The maximum atomic E-state index is 12.2. The summed E-state index contributed by atoms with van der Waals surface area (Å²) in [5.41, 5.74) is 7.91. The first kappa shape index (κ1) is 14.8. The van der Waals surface area contributed by atoms with Gasteiger partial charge in [-0.25, -0.2) is 0 Å². The van der Waals surface area contributed by atoms with E-state index in [4.69, 9.17) is 5.73 Å². The highest BCUT2D eigenvalue weighted by molar-refractivity contribution is 5.76. The van der Waals surface area contributed by atoms with Crippen LogP contribution in [0.25, 0.3) is 0 Å². The van der Waals surface area contributed by atoms with Crippen molar-refractivity contribution in [3.05, 3.63) is 33.7 Å². The van der Waals surface area contributed by atoms with Gasteiger partial charge in [0.05, 0.1) is 0 Å². The highest BCUT2D eigenvalue weighted by Gasteiger charge is 2.22. The Kier molecular flexibility index (Phi) is 4.28. The van der Waals surface area contributed by atoms with E-state index >= 15 is 0 Å². The summed E-state index contributed by atoms with van der Waals surface area (Å²) < 4.78 is 1.59. The van der Waals surface area contributed by atoms with Crippen LogP contribution in [0.4, 0.5) is 0 Å². The zero-order chi connectivity index (χ0) is 14.9. The third-order valence-electron chi connectivity index (χ3n) is 4.12. The van der Waals surface area contributed by atoms with Crippen LogP contribution < -0.4 is 11.3 Å². The molecule has 1 aromatic heterocycles. The fourth-order valence-electron chi connectivity index (χ4n) is 2.61. The van der Waals surface area contributed by atoms with E-state index in [1.54, 1.807) is 16.5 Å². The van der Waals surface area contributed by atoms with E-state index in [-0.39, 0.29) is 30.1 Å². The third-order valence-corrected chi connectivity index (χ3v) is 4.12. The van der Waals surface area contributed by atoms with E-state index in [2.05, 4.69) is 0 Å². The summed E-state index contributed by atoms with van der Waals surface area (Å²) >= 11 is 0. The van der Waals surface area contributed by atoms with Gasteiger partial charge in [-0.2, -0.15) is 0 Å².